The van der Waals surface area contributed by atoms with Crippen molar-refractivity contribution in [3.63, 3.8) is 0 Å². The summed E-state index contributed by atoms with van der Waals surface area (Å²) in [5.41, 5.74) is 0. The first-order valence-corrected chi connectivity index (χ1v) is 4.11. The molecule has 23 valence electrons. The monoisotopic (exact) mass is 279 g/mol. The average Bonchev–Trinajstić information content (AvgIpc) is 1.00. The fourth-order valence-corrected chi connectivity index (χ4v) is 0. The largest absolute Gasteiger partial charge is 0 e. The van der Waals surface area contributed by atoms with Crippen molar-refractivity contribution in [3.05, 3.63) is 0 Å². The second kappa shape index (κ2) is 19.1. The van der Waals surface area contributed by atoms with Crippen LogP contribution in [0.5, 0.6) is 0 Å². The second-order valence-corrected chi connectivity index (χ2v) is 0. The summed E-state index contributed by atoms with van der Waals surface area (Å²) in [6.45, 7) is 0. The summed E-state index contributed by atoms with van der Waals surface area (Å²) in [6.07, 6.45) is 0. The van der Waals surface area contributed by atoms with Crippen molar-refractivity contribution in [2.75, 3.05) is 0 Å². The third-order valence-corrected chi connectivity index (χ3v) is 0. The van der Waals surface area contributed by atoms with Crippen LogP contribution < -0.4 is 0 Å². The van der Waals surface area contributed by atoms with Gasteiger partial charge in [0, 0.05) is 36.5 Å². The SMILES string of the molecule is [Cu].[S]=[Sn].[Zn]. The molecule has 4 heavy (non-hydrogen) atoms. The van der Waals surface area contributed by atoms with Crippen LogP contribution in [0, 0.1) is 0 Å². The molecule has 0 aliphatic rings. The van der Waals surface area contributed by atoms with E-state index in [0.717, 1.165) is 20.6 Å². The molecule has 3 radical (unpaired) electrons. The second-order valence-electron chi connectivity index (χ2n) is 0. The van der Waals surface area contributed by atoms with Gasteiger partial charge in [-0.15, -0.1) is 0 Å². The van der Waals surface area contributed by atoms with Crippen LogP contribution >= 0.6 is 9.29 Å². The molecule has 0 aromatic rings. The molecule has 4 heteroatoms. The Morgan fingerprint density at radius 1 is 1.25 bits per heavy atom. The molecular weight excluding hydrogens is 280 g/mol. The number of hydrogen-bond donors (Lipinski definition) is 0. The Morgan fingerprint density at radius 3 is 1.25 bits per heavy atom. The van der Waals surface area contributed by atoms with E-state index in [-0.39, 0.29) is 36.5 Å². The van der Waals surface area contributed by atoms with E-state index in [0.29, 0.717) is 0 Å². The molecule has 0 aromatic heterocycles. The molecule has 0 saturated heterocycles. The van der Waals surface area contributed by atoms with Gasteiger partial charge >= 0.3 is 29.9 Å². The fourth-order valence-electron chi connectivity index (χ4n) is 0. The Kier molecular flexibility index (Phi) is 78.6. The molecule has 0 unspecified atom stereocenters. The Hall–Kier alpha value is 2.16. The van der Waals surface area contributed by atoms with Gasteiger partial charge in [0.2, 0.25) is 0 Å². The van der Waals surface area contributed by atoms with E-state index in [1.165, 1.54) is 0 Å². The normalized spacial score (nSPS) is 1.00. The molecule has 0 aliphatic carbocycles. The number of hydrogen-bond acceptors (Lipinski definition) is 1. The van der Waals surface area contributed by atoms with Crippen molar-refractivity contribution in [3.8, 4) is 0 Å². The Balaban J connectivity index is -0.00000000500. The van der Waals surface area contributed by atoms with Crippen molar-refractivity contribution >= 4 is 29.9 Å². The minimum absolute atomic E-state index is 0. The maximum absolute atomic E-state index is 4.17. The van der Waals surface area contributed by atoms with Gasteiger partial charge in [0.25, 0.3) is 0 Å². The zero-order chi connectivity index (χ0) is 2.00. The molecule has 0 aliphatic heterocycles. The Bertz CT molecular complexity index is 8.00. The summed E-state index contributed by atoms with van der Waals surface area (Å²) in [5.74, 6) is 0. The third kappa shape index (κ3) is 8.90. The van der Waals surface area contributed by atoms with Crippen molar-refractivity contribution in [1.82, 2.24) is 0 Å². The molecule has 0 rings (SSSR count). The van der Waals surface area contributed by atoms with E-state index in [9.17, 15) is 0 Å². The van der Waals surface area contributed by atoms with Gasteiger partial charge in [-0.1, -0.05) is 0 Å². The minimum atomic E-state index is 0. The molecule has 0 spiro atoms. The molecule has 0 saturated carbocycles. The molecule has 0 fully saturated rings. The first-order chi connectivity index (χ1) is 1.00. The average molecular weight is 280 g/mol. The van der Waals surface area contributed by atoms with Crippen molar-refractivity contribution in [2.24, 2.45) is 0 Å². The van der Waals surface area contributed by atoms with Crippen LogP contribution in [0.1, 0.15) is 0 Å². The van der Waals surface area contributed by atoms with E-state index in [1.54, 1.807) is 0 Å². The summed E-state index contributed by atoms with van der Waals surface area (Å²) in [5, 5.41) is 0. The van der Waals surface area contributed by atoms with Gasteiger partial charge in [-0.25, -0.2) is 0 Å². The Labute approximate surface area is 65.6 Å². The summed E-state index contributed by atoms with van der Waals surface area (Å²) in [7, 11) is 4.17. The van der Waals surface area contributed by atoms with Crippen molar-refractivity contribution in [1.29, 1.82) is 0 Å². The maximum Gasteiger partial charge on any atom is 0 e. The van der Waals surface area contributed by atoms with Gasteiger partial charge < -0.3 is 0 Å². The molecule has 0 bridgehead atoms. The van der Waals surface area contributed by atoms with Crippen LogP contribution in [0.2, 0.25) is 0 Å². The van der Waals surface area contributed by atoms with E-state index in [2.05, 4.69) is 9.29 Å². The van der Waals surface area contributed by atoms with Crippen LogP contribution in [-0.4, -0.2) is 20.6 Å². The van der Waals surface area contributed by atoms with Crippen molar-refractivity contribution in [2.45, 2.75) is 0 Å². The van der Waals surface area contributed by atoms with Gasteiger partial charge in [-0.3, -0.25) is 0 Å². The molecule has 0 amide bonds. The summed E-state index contributed by atoms with van der Waals surface area (Å²) < 4.78 is 0. The molecule has 0 atom stereocenters. The molecular formula is CuSSnZn. The first kappa shape index (κ1) is 16.4. The predicted octanol–water partition coefficient (Wildman–Crippen LogP) is 0.262. The Morgan fingerprint density at radius 2 is 1.25 bits per heavy atom. The molecule has 0 N–H and O–H groups in total. The smallest absolute Gasteiger partial charge is 0 e. The summed E-state index contributed by atoms with van der Waals surface area (Å²) in [4.78, 5) is 0. The van der Waals surface area contributed by atoms with E-state index >= 15 is 0 Å². The van der Waals surface area contributed by atoms with E-state index < -0.39 is 0 Å². The van der Waals surface area contributed by atoms with Gasteiger partial charge in [0.1, 0.15) is 0 Å². The predicted molar refractivity (Wildman–Crippen MR) is 13.3 cm³/mol. The van der Waals surface area contributed by atoms with E-state index in [1.807, 2.05) is 0 Å². The van der Waals surface area contributed by atoms with Gasteiger partial charge in [-0.2, -0.15) is 0 Å². The summed E-state index contributed by atoms with van der Waals surface area (Å²) >= 11 is 1.13. The van der Waals surface area contributed by atoms with E-state index in [4.69, 9.17) is 0 Å². The van der Waals surface area contributed by atoms with Crippen LogP contribution in [0.3, 0.4) is 0 Å². The maximum atomic E-state index is 4.17. The standard InChI is InChI=1S/Cu.S.Sn.Zn. The minimum Gasteiger partial charge on any atom is 0 e. The molecule has 0 aromatic carbocycles. The zero-order valence-electron chi connectivity index (χ0n) is 1.92. The molecule has 0 nitrogen and oxygen atoms in total. The van der Waals surface area contributed by atoms with Crippen molar-refractivity contribution < 1.29 is 36.5 Å². The quantitative estimate of drug-likeness (QED) is 0.574. The molecule has 0 heterocycles. The van der Waals surface area contributed by atoms with Crippen LogP contribution in [0.25, 0.3) is 0 Å². The first-order valence-electron chi connectivity index (χ1n) is 0.204. The van der Waals surface area contributed by atoms with Gasteiger partial charge in [0.15, 0.2) is 0 Å². The van der Waals surface area contributed by atoms with Gasteiger partial charge in [-0.05, 0) is 0 Å². The van der Waals surface area contributed by atoms with Crippen LogP contribution in [-0.2, 0) is 36.5 Å². The van der Waals surface area contributed by atoms with Gasteiger partial charge in [0.05, 0.1) is 0 Å². The fraction of sp³-hybridized carbons (Fsp3) is 0. The van der Waals surface area contributed by atoms with Crippen LogP contribution in [0.15, 0.2) is 0 Å². The topological polar surface area (TPSA) is 0 Å². The van der Waals surface area contributed by atoms with Crippen LogP contribution in [0.4, 0.5) is 0 Å². The summed E-state index contributed by atoms with van der Waals surface area (Å²) in [6, 6.07) is 0. The number of rotatable bonds is 0. The third-order valence-electron chi connectivity index (χ3n) is 0. The zero-order valence-corrected chi connectivity index (χ0v) is 9.50.